The third-order valence-corrected chi connectivity index (χ3v) is 10.6. The van der Waals surface area contributed by atoms with E-state index in [1.807, 2.05) is 7.05 Å². The molecule has 0 saturated carbocycles. The number of nitrogens with one attached hydrogen (secondary N) is 1. The lowest BCUT2D eigenvalue weighted by Crippen LogP contribution is -2.53. The molecule has 1 fully saturated rings. The Morgan fingerprint density at radius 3 is 1.27 bits per heavy atom. The molecule has 1 N–H and O–H groups in total. The molecule has 56 heavy (non-hydrogen) atoms. The molecule has 1 unspecified atom stereocenters. The van der Waals surface area contributed by atoms with Crippen LogP contribution >= 0.6 is 0 Å². The first kappa shape index (κ1) is 51.1. The smallest absolute Gasteiger partial charge is 0.305 e. The molecular formula is C47H82N2O7. The van der Waals surface area contributed by atoms with Crippen LogP contribution in [0.1, 0.15) is 188 Å². The molecule has 1 aliphatic heterocycles. The number of hydrogen-bond acceptors (Lipinski definition) is 8. The van der Waals surface area contributed by atoms with Crippen molar-refractivity contribution < 1.29 is 33.4 Å². The molecule has 0 aromatic heterocycles. The van der Waals surface area contributed by atoms with Crippen molar-refractivity contribution in [3.05, 3.63) is 36.5 Å². The van der Waals surface area contributed by atoms with E-state index in [-0.39, 0.29) is 68.3 Å². The van der Waals surface area contributed by atoms with Gasteiger partial charge >= 0.3 is 17.9 Å². The Hall–Kier alpha value is -2.94. The van der Waals surface area contributed by atoms with Crippen molar-refractivity contribution in [2.24, 2.45) is 5.92 Å². The standard InChI is InChI=1S/C47H82N2O7/c1-5-8-11-14-17-20-23-26-38-54-43(50)31-34-47(48-46(53)42-30-29-37-49(4)41-42,35-32-44(51)55-39-27-24-21-18-15-12-9-6-2)36-33-45(52)56-40-28-25-22-19-16-13-10-7-3/h17-22,42H,5-16,23-41H2,1-4H3,(H,48,53)/b20-17-,21-18-,22-19-. The van der Waals surface area contributed by atoms with E-state index in [2.05, 4.69) is 67.4 Å². The van der Waals surface area contributed by atoms with E-state index in [9.17, 15) is 19.2 Å². The molecule has 1 heterocycles. The summed E-state index contributed by atoms with van der Waals surface area (Å²) in [5, 5.41) is 3.29. The second-order valence-electron chi connectivity index (χ2n) is 15.9. The topological polar surface area (TPSA) is 111 Å². The van der Waals surface area contributed by atoms with Crippen LogP contribution in [0.2, 0.25) is 0 Å². The third-order valence-electron chi connectivity index (χ3n) is 10.6. The molecule has 1 atom stereocenters. The quantitative estimate of drug-likeness (QED) is 0.0293. The Balaban J connectivity index is 2.93. The van der Waals surface area contributed by atoms with Gasteiger partial charge in [-0.3, -0.25) is 19.2 Å². The van der Waals surface area contributed by atoms with Crippen LogP contribution in [0.4, 0.5) is 0 Å². The lowest BCUT2D eigenvalue weighted by atomic mass is 9.82. The van der Waals surface area contributed by atoms with Crippen molar-refractivity contribution in [3.63, 3.8) is 0 Å². The fraction of sp³-hybridized carbons (Fsp3) is 0.787. The average molecular weight is 787 g/mol. The summed E-state index contributed by atoms with van der Waals surface area (Å²) in [4.78, 5) is 55.2. The summed E-state index contributed by atoms with van der Waals surface area (Å²) < 4.78 is 16.8. The molecule has 322 valence electrons. The van der Waals surface area contributed by atoms with E-state index in [1.165, 1.54) is 57.8 Å². The Morgan fingerprint density at radius 1 is 0.571 bits per heavy atom. The molecule has 1 aliphatic rings. The second-order valence-corrected chi connectivity index (χ2v) is 15.9. The predicted molar refractivity (Wildman–Crippen MR) is 229 cm³/mol. The van der Waals surface area contributed by atoms with Gasteiger partial charge in [0.05, 0.1) is 25.7 Å². The van der Waals surface area contributed by atoms with Crippen LogP contribution in [0.3, 0.4) is 0 Å². The van der Waals surface area contributed by atoms with E-state index >= 15 is 0 Å². The van der Waals surface area contributed by atoms with Gasteiger partial charge in [-0.2, -0.15) is 0 Å². The monoisotopic (exact) mass is 787 g/mol. The number of allylic oxidation sites excluding steroid dienone is 6. The summed E-state index contributed by atoms with van der Waals surface area (Å²) in [5.41, 5.74) is -0.978. The molecule has 0 radical (unpaired) electrons. The highest BCUT2D eigenvalue weighted by Crippen LogP contribution is 2.29. The molecule has 0 aliphatic carbocycles. The molecular weight excluding hydrogens is 705 g/mol. The average Bonchev–Trinajstić information content (AvgIpc) is 3.19. The van der Waals surface area contributed by atoms with Gasteiger partial charge in [-0.25, -0.2) is 0 Å². The first-order valence-corrected chi connectivity index (χ1v) is 22.7. The van der Waals surface area contributed by atoms with Crippen LogP contribution in [-0.4, -0.2) is 74.2 Å². The maximum atomic E-state index is 13.9. The SMILES string of the molecule is CCCCC/C=C\CCCOC(=O)CCC(CCC(=O)OCCC/C=C\CCCCC)(CCC(=O)OCCC/C=C\CCCCC)NC(=O)C1CCCN(C)C1. The molecule has 0 aromatic rings. The fourth-order valence-corrected chi connectivity index (χ4v) is 6.95. The van der Waals surface area contributed by atoms with E-state index in [4.69, 9.17) is 14.2 Å². The van der Waals surface area contributed by atoms with E-state index in [1.54, 1.807) is 0 Å². The summed E-state index contributed by atoms with van der Waals surface area (Å²) in [6, 6.07) is 0. The molecule has 1 rings (SSSR count). The number of nitrogens with zero attached hydrogens (tertiary/aromatic N) is 1. The van der Waals surface area contributed by atoms with Crippen LogP contribution in [0.5, 0.6) is 0 Å². The lowest BCUT2D eigenvalue weighted by molar-refractivity contribution is -0.145. The Labute approximate surface area is 342 Å². The largest absolute Gasteiger partial charge is 0.466 e. The number of rotatable bonds is 35. The van der Waals surface area contributed by atoms with Crippen LogP contribution in [0.15, 0.2) is 36.5 Å². The first-order valence-electron chi connectivity index (χ1n) is 22.7. The Bertz CT molecular complexity index is 1010. The van der Waals surface area contributed by atoms with Gasteiger partial charge in [-0.15, -0.1) is 0 Å². The zero-order valence-electron chi connectivity index (χ0n) is 36.3. The number of amides is 1. The summed E-state index contributed by atoms with van der Waals surface area (Å²) in [5.74, 6) is -1.34. The summed E-state index contributed by atoms with van der Waals surface area (Å²) in [6.07, 6.45) is 34.6. The molecule has 9 heteroatoms. The maximum Gasteiger partial charge on any atom is 0.305 e. The second kappa shape index (κ2) is 35.2. The highest BCUT2D eigenvalue weighted by atomic mass is 16.5. The molecule has 1 saturated heterocycles. The van der Waals surface area contributed by atoms with Gasteiger partial charge in [0.15, 0.2) is 0 Å². The minimum atomic E-state index is -0.978. The molecule has 0 aromatic carbocycles. The number of carbonyl (C=O) groups excluding carboxylic acids is 4. The number of esters is 3. The van der Waals surface area contributed by atoms with Crippen molar-refractivity contribution in [2.75, 3.05) is 40.0 Å². The minimum absolute atomic E-state index is 0.0665. The minimum Gasteiger partial charge on any atom is -0.466 e. The van der Waals surface area contributed by atoms with Crippen molar-refractivity contribution >= 4 is 23.8 Å². The zero-order chi connectivity index (χ0) is 41.0. The normalized spacial score (nSPS) is 15.2. The van der Waals surface area contributed by atoms with E-state index in [0.29, 0.717) is 26.4 Å². The number of unbranched alkanes of at least 4 members (excludes halogenated alkanes) is 12. The van der Waals surface area contributed by atoms with Gasteiger partial charge in [-0.1, -0.05) is 95.8 Å². The van der Waals surface area contributed by atoms with Gasteiger partial charge in [-0.05, 0) is 123 Å². The lowest BCUT2D eigenvalue weighted by Gasteiger charge is -2.37. The Kier molecular flexibility index (Phi) is 32.1. The zero-order valence-corrected chi connectivity index (χ0v) is 36.3. The summed E-state index contributed by atoms with van der Waals surface area (Å²) in [7, 11) is 2.02. The molecule has 0 bridgehead atoms. The third kappa shape index (κ3) is 28.5. The van der Waals surface area contributed by atoms with E-state index in [0.717, 1.165) is 77.2 Å². The van der Waals surface area contributed by atoms with Gasteiger partial charge in [0.25, 0.3) is 0 Å². The predicted octanol–water partition coefficient (Wildman–Crippen LogP) is 10.9. The number of likely N-dealkylation sites (tertiary alicyclic amines) is 1. The van der Waals surface area contributed by atoms with Gasteiger partial charge in [0.1, 0.15) is 0 Å². The molecule has 9 nitrogen and oxygen atoms in total. The first-order chi connectivity index (χ1) is 27.2. The van der Waals surface area contributed by atoms with Crippen LogP contribution in [0.25, 0.3) is 0 Å². The summed E-state index contributed by atoms with van der Waals surface area (Å²) >= 11 is 0. The number of piperidine rings is 1. The van der Waals surface area contributed by atoms with Crippen LogP contribution < -0.4 is 5.32 Å². The number of hydrogen-bond donors (Lipinski definition) is 1. The van der Waals surface area contributed by atoms with Crippen molar-refractivity contribution in [1.29, 1.82) is 0 Å². The highest BCUT2D eigenvalue weighted by molar-refractivity contribution is 5.80. The van der Waals surface area contributed by atoms with Gasteiger partial charge in [0, 0.05) is 31.3 Å². The Morgan fingerprint density at radius 2 is 0.929 bits per heavy atom. The summed E-state index contributed by atoms with van der Waals surface area (Å²) in [6.45, 7) is 9.15. The maximum absolute atomic E-state index is 13.9. The van der Waals surface area contributed by atoms with Gasteiger partial charge in [0.2, 0.25) is 5.91 Å². The van der Waals surface area contributed by atoms with Crippen LogP contribution in [0, 0.1) is 5.92 Å². The van der Waals surface area contributed by atoms with E-state index < -0.39 is 5.54 Å². The highest BCUT2D eigenvalue weighted by Gasteiger charge is 2.37. The number of ether oxygens (including phenoxy) is 3. The van der Waals surface area contributed by atoms with Crippen molar-refractivity contribution in [3.8, 4) is 0 Å². The number of carbonyl (C=O) groups is 4. The van der Waals surface area contributed by atoms with Crippen molar-refractivity contribution in [1.82, 2.24) is 10.2 Å². The van der Waals surface area contributed by atoms with Crippen molar-refractivity contribution in [2.45, 2.75) is 193 Å². The molecule has 1 amide bonds. The molecule has 0 spiro atoms. The van der Waals surface area contributed by atoms with Crippen LogP contribution in [-0.2, 0) is 33.4 Å². The fourth-order valence-electron chi connectivity index (χ4n) is 6.95. The van der Waals surface area contributed by atoms with Gasteiger partial charge < -0.3 is 24.4 Å².